The number of nitrogens with two attached hydrogens (primary N) is 1. The summed E-state index contributed by atoms with van der Waals surface area (Å²) in [6.45, 7) is 2.84. The van der Waals surface area contributed by atoms with E-state index in [2.05, 4.69) is 21.4 Å². The van der Waals surface area contributed by atoms with Gasteiger partial charge in [-0.05, 0) is 24.5 Å². The molecule has 0 spiro atoms. The van der Waals surface area contributed by atoms with Gasteiger partial charge in [-0.2, -0.15) is 0 Å². The number of rotatable bonds is 3. The molecule has 19 heavy (non-hydrogen) atoms. The molecule has 1 saturated carbocycles. The van der Waals surface area contributed by atoms with Crippen molar-refractivity contribution >= 4 is 5.82 Å². The van der Waals surface area contributed by atoms with Crippen molar-refractivity contribution in [3.63, 3.8) is 0 Å². The summed E-state index contributed by atoms with van der Waals surface area (Å²) in [5, 5.41) is 0. The molecule has 2 unspecified atom stereocenters. The van der Waals surface area contributed by atoms with Crippen LogP contribution in [-0.2, 0) is 11.3 Å². The summed E-state index contributed by atoms with van der Waals surface area (Å²) in [6.07, 6.45) is 7.47. The van der Waals surface area contributed by atoms with Gasteiger partial charge in [0.2, 0.25) is 0 Å². The maximum Gasteiger partial charge on any atom is 0.139 e. The topological polar surface area (TPSA) is 63.4 Å². The predicted octanol–water partition coefficient (Wildman–Crippen LogP) is 1.51. The summed E-state index contributed by atoms with van der Waals surface area (Å²) >= 11 is 0. The third-order valence-electron chi connectivity index (χ3n) is 4.21. The number of ether oxygens (including phenoxy) is 1. The Kier molecular flexibility index (Phi) is 3.96. The van der Waals surface area contributed by atoms with Crippen molar-refractivity contribution in [2.45, 2.75) is 44.4 Å². The SMILES string of the molecule is NNc1ccc(CN2CCOC3CCCCC32)cn1. The summed E-state index contributed by atoms with van der Waals surface area (Å²) in [4.78, 5) is 6.83. The zero-order chi connectivity index (χ0) is 13.1. The summed E-state index contributed by atoms with van der Waals surface area (Å²) in [6, 6.07) is 4.61. The largest absolute Gasteiger partial charge is 0.375 e. The van der Waals surface area contributed by atoms with E-state index in [1.165, 1.54) is 31.2 Å². The predicted molar refractivity (Wildman–Crippen MR) is 74.5 cm³/mol. The third kappa shape index (κ3) is 2.88. The molecule has 0 bridgehead atoms. The first kappa shape index (κ1) is 12.8. The van der Waals surface area contributed by atoms with Crippen molar-refractivity contribution in [3.05, 3.63) is 23.9 Å². The van der Waals surface area contributed by atoms with Gasteiger partial charge in [0.1, 0.15) is 5.82 Å². The molecule has 3 rings (SSSR count). The number of fused-ring (bicyclic) bond motifs is 1. The number of pyridine rings is 1. The monoisotopic (exact) mass is 262 g/mol. The number of nitrogens with zero attached hydrogens (tertiary/aromatic N) is 2. The second-order valence-corrected chi connectivity index (χ2v) is 5.43. The van der Waals surface area contributed by atoms with E-state index >= 15 is 0 Å². The Bertz CT molecular complexity index is 406. The minimum absolute atomic E-state index is 0.445. The highest BCUT2D eigenvalue weighted by Gasteiger charge is 2.33. The quantitative estimate of drug-likeness (QED) is 0.638. The zero-order valence-corrected chi connectivity index (χ0v) is 11.2. The van der Waals surface area contributed by atoms with Crippen LogP contribution < -0.4 is 11.3 Å². The van der Waals surface area contributed by atoms with Gasteiger partial charge in [0.15, 0.2) is 0 Å². The molecule has 2 atom stereocenters. The van der Waals surface area contributed by atoms with E-state index in [0.717, 1.165) is 19.7 Å². The molecule has 1 aromatic rings. The number of hydrogen-bond donors (Lipinski definition) is 2. The maximum absolute atomic E-state index is 5.90. The summed E-state index contributed by atoms with van der Waals surface area (Å²) in [7, 11) is 0. The summed E-state index contributed by atoms with van der Waals surface area (Å²) in [5.74, 6) is 6.04. The summed E-state index contributed by atoms with van der Waals surface area (Å²) < 4.78 is 5.90. The average molecular weight is 262 g/mol. The second kappa shape index (κ2) is 5.86. The van der Waals surface area contributed by atoms with Gasteiger partial charge < -0.3 is 10.2 Å². The molecule has 1 aliphatic heterocycles. The first-order valence-corrected chi connectivity index (χ1v) is 7.14. The van der Waals surface area contributed by atoms with Gasteiger partial charge in [-0.15, -0.1) is 0 Å². The van der Waals surface area contributed by atoms with Gasteiger partial charge in [-0.3, -0.25) is 4.90 Å². The van der Waals surface area contributed by atoms with Crippen LogP contribution in [0, 0.1) is 0 Å². The Morgan fingerprint density at radius 3 is 3.05 bits per heavy atom. The van der Waals surface area contributed by atoms with Crippen LogP contribution in [0.15, 0.2) is 18.3 Å². The van der Waals surface area contributed by atoms with Crippen molar-refractivity contribution in [1.29, 1.82) is 0 Å². The lowest BCUT2D eigenvalue weighted by molar-refractivity contribution is -0.0911. The molecule has 5 heteroatoms. The first-order valence-electron chi connectivity index (χ1n) is 7.14. The first-order chi connectivity index (χ1) is 9.36. The van der Waals surface area contributed by atoms with Crippen molar-refractivity contribution in [3.8, 4) is 0 Å². The Labute approximate surface area is 114 Å². The molecule has 2 aliphatic rings. The number of morpholine rings is 1. The minimum atomic E-state index is 0.445. The van der Waals surface area contributed by atoms with Crippen molar-refractivity contribution in [2.75, 3.05) is 18.6 Å². The summed E-state index contributed by atoms with van der Waals surface area (Å²) in [5.41, 5.74) is 3.80. The fraction of sp³-hybridized carbons (Fsp3) is 0.643. The van der Waals surface area contributed by atoms with Crippen LogP contribution >= 0.6 is 0 Å². The van der Waals surface area contributed by atoms with Gasteiger partial charge in [0.05, 0.1) is 12.7 Å². The number of hydrazine groups is 1. The molecule has 0 radical (unpaired) electrons. The third-order valence-corrected chi connectivity index (χ3v) is 4.21. The zero-order valence-electron chi connectivity index (χ0n) is 11.2. The molecule has 1 aliphatic carbocycles. The number of nitrogen functional groups attached to an aromatic ring is 1. The lowest BCUT2D eigenvalue weighted by Gasteiger charge is -2.43. The van der Waals surface area contributed by atoms with Gasteiger partial charge in [0.25, 0.3) is 0 Å². The fourth-order valence-corrected chi connectivity index (χ4v) is 3.21. The normalized spacial score (nSPS) is 27.8. The molecule has 2 heterocycles. The number of hydrogen-bond acceptors (Lipinski definition) is 5. The van der Waals surface area contributed by atoms with E-state index in [-0.39, 0.29) is 0 Å². The Morgan fingerprint density at radius 1 is 1.37 bits per heavy atom. The lowest BCUT2D eigenvalue weighted by Crippen LogP contribution is -2.52. The highest BCUT2D eigenvalue weighted by atomic mass is 16.5. The van der Waals surface area contributed by atoms with E-state index in [4.69, 9.17) is 10.6 Å². The van der Waals surface area contributed by atoms with Crippen molar-refractivity contribution in [2.24, 2.45) is 5.84 Å². The average Bonchev–Trinajstić information content (AvgIpc) is 2.48. The molecule has 0 amide bonds. The van der Waals surface area contributed by atoms with Gasteiger partial charge in [0, 0.05) is 25.3 Å². The van der Waals surface area contributed by atoms with Crippen molar-refractivity contribution < 1.29 is 4.74 Å². The highest BCUT2D eigenvalue weighted by Crippen LogP contribution is 2.29. The van der Waals surface area contributed by atoms with Gasteiger partial charge in [-0.1, -0.05) is 18.9 Å². The molecule has 0 aromatic carbocycles. The molecule has 5 nitrogen and oxygen atoms in total. The molecular weight excluding hydrogens is 240 g/mol. The Hall–Kier alpha value is -1.17. The smallest absolute Gasteiger partial charge is 0.139 e. The van der Waals surface area contributed by atoms with E-state index in [0.29, 0.717) is 18.0 Å². The lowest BCUT2D eigenvalue weighted by atomic mass is 9.90. The molecule has 104 valence electrons. The second-order valence-electron chi connectivity index (χ2n) is 5.43. The van der Waals surface area contributed by atoms with Crippen LogP contribution in [0.1, 0.15) is 31.2 Å². The van der Waals surface area contributed by atoms with E-state index in [1.54, 1.807) is 0 Å². The molecule has 3 N–H and O–H groups in total. The Morgan fingerprint density at radius 2 is 2.26 bits per heavy atom. The molecule has 2 fully saturated rings. The van der Waals surface area contributed by atoms with E-state index < -0.39 is 0 Å². The van der Waals surface area contributed by atoms with Crippen LogP contribution in [-0.4, -0.2) is 35.2 Å². The number of aromatic nitrogens is 1. The van der Waals surface area contributed by atoms with Gasteiger partial charge in [-0.25, -0.2) is 10.8 Å². The van der Waals surface area contributed by atoms with Gasteiger partial charge >= 0.3 is 0 Å². The van der Waals surface area contributed by atoms with E-state index in [1.807, 2.05) is 12.3 Å². The standard InChI is InChI=1S/C14H22N4O/c15-17-14-6-5-11(9-16-14)10-18-7-8-19-13-4-2-1-3-12(13)18/h5-6,9,12-13H,1-4,7-8,10,15H2,(H,16,17). The molecule has 1 aromatic heterocycles. The highest BCUT2D eigenvalue weighted by molar-refractivity contribution is 5.33. The number of anilines is 1. The van der Waals surface area contributed by atoms with E-state index in [9.17, 15) is 0 Å². The maximum atomic E-state index is 5.90. The van der Waals surface area contributed by atoms with Crippen LogP contribution in [0.5, 0.6) is 0 Å². The minimum Gasteiger partial charge on any atom is -0.375 e. The van der Waals surface area contributed by atoms with Crippen molar-refractivity contribution in [1.82, 2.24) is 9.88 Å². The molecular formula is C14H22N4O. The van der Waals surface area contributed by atoms with Crippen LogP contribution in [0.25, 0.3) is 0 Å². The van der Waals surface area contributed by atoms with Crippen LogP contribution in [0.2, 0.25) is 0 Å². The fourth-order valence-electron chi connectivity index (χ4n) is 3.21. The number of nitrogens with one attached hydrogen (secondary N) is 1. The van der Waals surface area contributed by atoms with Crippen LogP contribution in [0.4, 0.5) is 5.82 Å². The van der Waals surface area contributed by atoms with Crippen LogP contribution in [0.3, 0.4) is 0 Å². The molecule has 1 saturated heterocycles. The Balaban J connectivity index is 1.66.